The topological polar surface area (TPSA) is 84.5 Å². The fourth-order valence-corrected chi connectivity index (χ4v) is 3.50. The Labute approximate surface area is 161 Å². The van der Waals surface area contributed by atoms with E-state index in [-0.39, 0.29) is 11.7 Å². The van der Waals surface area contributed by atoms with Crippen molar-refractivity contribution in [2.45, 2.75) is 33.1 Å². The van der Waals surface area contributed by atoms with Gasteiger partial charge >= 0.3 is 0 Å². The minimum absolute atomic E-state index is 0.0731. The van der Waals surface area contributed by atoms with E-state index in [2.05, 4.69) is 17.0 Å². The second kappa shape index (κ2) is 9.97. The number of hydrogen-bond donors (Lipinski definition) is 2. The molecule has 0 aliphatic carbocycles. The van der Waals surface area contributed by atoms with Crippen LogP contribution in [0.3, 0.4) is 0 Å². The van der Waals surface area contributed by atoms with Crippen LogP contribution >= 0.6 is 0 Å². The number of carbonyl (C=O) groups is 1. The number of rotatable bonds is 10. The van der Waals surface area contributed by atoms with Crippen molar-refractivity contribution in [1.82, 2.24) is 0 Å². The maximum absolute atomic E-state index is 12.3. The zero-order valence-electron chi connectivity index (χ0n) is 15.7. The van der Waals surface area contributed by atoms with E-state index in [0.29, 0.717) is 30.0 Å². The molecule has 0 bridgehead atoms. The van der Waals surface area contributed by atoms with Crippen molar-refractivity contribution < 1.29 is 17.9 Å². The molecular formula is C20H26N2O4S. The predicted molar refractivity (Wildman–Crippen MR) is 109 cm³/mol. The third-order valence-electron chi connectivity index (χ3n) is 3.77. The van der Waals surface area contributed by atoms with Gasteiger partial charge in [-0.1, -0.05) is 20.3 Å². The summed E-state index contributed by atoms with van der Waals surface area (Å²) < 4.78 is 31.6. The molecule has 7 heteroatoms. The molecule has 0 saturated heterocycles. The van der Waals surface area contributed by atoms with Crippen LogP contribution in [-0.4, -0.2) is 26.7 Å². The molecule has 0 saturated carbocycles. The highest BCUT2D eigenvalue weighted by Crippen LogP contribution is 2.17. The molecule has 0 aliphatic heterocycles. The van der Waals surface area contributed by atoms with Gasteiger partial charge in [0.05, 0.1) is 12.4 Å². The van der Waals surface area contributed by atoms with Gasteiger partial charge in [-0.05, 0) is 61.4 Å². The van der Waals surface area contributed by atoms with Crippen LogP contribution in [0.25, 0.3) is 0 Å². The molecule has 2 aromatic rings. The van der Waals surface area contributed by atoms with Crippen LogP contribution < -0.4 is 14.8 Å². The second-order valence-electron chi connectivity index (χ2n) is 6.18. The zero-order valence-corrected chi connectivity index (χ0v) is 16.5. The van der Waals surface area contributed by atoms with E-state index in [1.807, 2.05) is 6.92 Å². The van der Waals surface area contributed by atoms with Crippen LogP contribution in [0.4, 0.5) is 11.4 Å². The van der Waals surface area contributed by atoms with Crippen molar-refractivity contribution in [3.63, 3.8) is 0 Å². The highest BCUT2D eigenvalue weighted by molar-refractivity contribution is 7.92. The molecule has 0 spiro atoms. The van der Waals surface area contributed by atoms with E-state index in [0.717, 1.165) is 18.6 Å². The molecule has 27 heavy (non-hydrogen) atoms. The summed E-state index contributed by atoms with van der Waals surface area (Å²) in [6.07, 6.45) is 2.61. The Kier molecular flexibility index (Phi) is 7.67. The van der Waals surface area contributed by atoms with Crippen LogP contribution in [0, 0.1) is 0 Å². The quantitative estimate of drug-likeness (QED) is 0.593. The highest BCUT2D eigenvalue weighted by Gasteiger charge is 2.10. The van der Waals surface area contributed by atoms with Crippen molar-refractivity contribution in [2.75, 3.05) is 22.4 Å². The number of nitrogens with one attached hydrogen (secondary N) is 2. The number of sulfonamides is 1. The molecule has 2 rings (SSSR count). The fourth-order valence-electron chi connectivity index (χ4n) is 2.36. The van der Waals surface area contributed by atoms with Crippen LogP contribution in [0.15, 0.2) is 48.5 Å². The Bertz CT molecular complexity index is 831. The summed E-state index contributed by atoms with van der Waals surface area (Å²) in [5.41, 5.74) is 1.57. The summed E-state index contributed by atoms with van der Waals surface area (Å²) in [7, 11) is -3.33. The number of anilines is 2. The lowest BCUT2D eigenvalue weighted by atomic mass is 10.2. The maximum Gasteiger partial charge on any atom is 0.255 e. The highest BCUT2D eigenvalue weighted by atomic mass is 32.2. The van der Waals surface area contributed by atoms with Gasteiger partial charge in [-0.3, -0.25) is 9.52 Å². The van der Waals surface area contributed by atoms with Crippen LogP contribution in [0.5, 0.6) is 5.75 Å². The lowest BCUT2D eigenvalue weighted by Crippen LogP contribution is -2.16. The molecule has 6 nitrogen and oxygen atoms in total. The summed E-state index contributed by atoms with van der Waals surface area (Å²) in [5.74, 6) is 0.571. The van der Waals surface area contributed by atoms with Crippen LogP contribution in [0.2, 0.25) is 0 Å². The first-order valence-electron chi connectivity index (χ1n) is 9.08. The van der Waals surface area contributed by atoms with Crippen molar-refractivity contribution in [3.8, 4) is 5.75 Å². The van der Waals surface area contributed by atoms with Gasteiger partial charge in [0.2, 0.25) is 10.0 Å². The molecule has 0 fully saturated rings. The molecule has 146 valence electrons. The molecule has 0 radical (unpaired) electrons. The number of benzene rings is 2. The minimum Gasteiger partial charge on any atom is -0.494 e. The van der Waals surface area contributed by atoms with Gasteiger partial charge in [0.25, 0.3) is 5.91 Å². The van der Waals surface area contributed by atoms with Crippen LogP contribution in [0.1, 0.15) is 43.5 Å². The average molecular weight is 391 g/mol. The maximum atomic E-state index is 12.3. The lowest BCUT2D eigenvalue weighted by Gasteiger charge is -2.10. The average Bonchev–Trinajstić information content (AvgIpc) is 2.64. The van der Waals surface area contributed by atoms with Crippen LogP contribution in [-0.2, 0) is 10.0 Å². The van der Waals surface area contributed by atoms with Gasteiger partial charge in [-0.2, -0.15) is 0 Å². The summed E-state index contributed by atoms with van der Waals surface area (Å²) in [4.78, 5) is 12.3. The molecule has 1 amide bonds. The Morgan fingerprint density at radius 3 is 2.15 bits per heavy atom. The Balaban J connectivity index is 1.93. The van der Waals surface area contributed by atoms with E-state index in [4.69, 9.17) is 4.74 Å². The summed E-state index contributed by atoms with van der Waals surface area (Å²) in [6.45, 7) is 4.57. The third-order valence-corrected chi connectivity index (χ3v) is 5.26. The van der Waals surface area contributed by atoms with E-state index in [1.54, 1.807) is 48.5 Å². The normalized spacial score (nSPS) is 11.0. The Morgan fingerprint density at radius 1 is 0.926 bits per heavy atom. The molecule has 2 aromatic carbocycles. The molecule has 0 heterocycles. The van der Waals surface area contributed by atoms with Gasteiger partial charge in [-0.15, -0.1) is 0 Å². The molecular weight excluding hydrogens is 364 g/mol. The van der Waals surface area contributed by atoms with Gasteiger partial charge in [0.15, 0.2) is 0 Å². The second-order valence-corrected chi connectivity index (χ2v) is 8.02. The number of unbranched alkanes of at least 4 members (excludes halogenated alkanes) is 1. The Hall–Kier alpha value is -2.54. The first kappa shape index (κ1) is 20.8. The largest absolute Gasteiger partial charge is 0.494 e. The smallest absolute Gasteiger partial charge is 0.255 e. The van der Waals surface area contributed by atoms with Gasteiger partial charge in [0, 0.05) is 16.9 Å². The lowest BCUT2D eigenvalue weighted by molar-refractivity contribution is 0.102. The zero-order chi connectivity index (χ0) is 19.7. The minimum atomic E-state index is -3.33. The molecule has 0 aliphatic rings. The summed E-state index contributed by atoms with van der Waals surface area (Å²) >= 11 is 0. The number of hydrogen-bond acceptors (Lipinski definition) is 4. The van der Waals surface area contributed by atoms with E-state index < -0.39 is 10.0 Å². The molecule has 2 N–H and O–H groups in total. The van der Waals surface area contributed by atoms with Gasteiger partial charge in [-0.25, -0.2) is 8.42 Å². The van der Waals surface area contributed by atoms with Gasteiger partial charge < -0.3 is 10.1 Å². The molecule has 0 unspecified atom stereocenters. The fraction of sp³-hybridized carbons (Fsp3) is 0.350. The predicted octanol–water partition coefficient (Wildman–Crippen LogP) is 4.27. The van der Waals surface area contributed by atoms with Crippen molar-refractivity contribution in [3.05, 3.63) is 54.1 Å². The first-order chi connectivity index (χ1) is 12.9. The number of ether oxygens (including phenoxy) is 1. The molecule has 0 atom stereocenters. The Morgan fingerprint density at radius 2 is 1.56 bits per heavy atom. The van der Waals surface area contributed by atoms with E-state index in [9.17, 15) is 13.2 Å². The SMILES string of the molecule is CCCCOc1ccc(C(=O)Nc2ccc(NS(=O)(=O)CCC)cc2)cc1. The van der Waals surface area contributed by atoms with Crippen molar-refractivity contribution in [2.24, 2.45) is 0 Å². The molecule has 0 aromatic heterocycles. The van der Waals surface area contributed by atoms with Gasteiger partial charge in [0.1, 0.15) is 5.75 Å². The number of carbonyl (C=O) groups excluding carboxylic acids is 1. The van der Waals surface area contributed by atoms with Crippen molar-refractivity contribution in [1.29, 1.82) is 0 Å². The van der Waals surface area contributed by atoms with E-state index >= 15 is 0 Å². The number of amides is 1. The first-order valence-corrected chi connectivity index (χ1v) is 10.7. The van der Waals surface area contributed by atoms with E-state index in [1.165, 1.54) is 0 Å². The monoisotopic (exact) mass is 390 g/mol. The third kappa shape index (κ3) is 6.94. The van der Waals surface area contributed by atoms with Crippen molar-refractivity contribution >= 4 is 27.3 Å². The summed E-state index contributed by atoms with van der Waals surface area (Å²) in [5, 5.41) is 2.79. The summed E-state index contributed by atoms with van der Waals surface area (Å²) in [6, 6.07) is 13.5. The standard InChI is InChI=1S/C20H26N2O4S/c1-3-5-14-26-19-12-6-16(7-13-19)20(23)21-17-8-10-18(11-9-17)22-27(24,25)15-4-2/h6-13,22H,3-5,14-15H2,1-2H3,(H,21,23).